The maximum Gasteiger partial charge on any atom is 0.374 e. The fraction of sp³-hybridized carbons (Fsp3) is 0.375. The van der Waals surface area contributed by atoms with Gasteiger partial charge in [-0.15, -0.1) is 0 Å². The molecule has 0 amide bonds. The summed E-state index contributed by atoms with van der Waals surface area (Å²) in [5, 5.41) is 8.64. The van der Waals surface area contributed by atoms with Crippen molar-refractivity contribution in [1.29, 1.82) is 0 Å². The summed E-state index contributed by atoms with van der Waals surface area (Å²) >= 11 is 0. The van der Waals surface area contributed by atoms with Crippen LogP contribution in [-0.4, -0.2) is 28.2 Å². The Kier molecular flexibility index (Phi) is 2.79. The monoisotopic (exact) mass is 182 g/mol. The lowest BCUT2D eigenvalue weighted by molar-refractivity contribution is 0.0682. The highest BCUT2D eigenvalue weighted by Gasteiger charge is 2.09. The molecule has 1 heterocycles. The number of aromatic carboxylic acids is 1. The zero-order chi connectivity index (χ0) is 9.84. The summed E-state index contributed by atoms with van der Waals surface area (Å²) in [6.07, 6.45) is 0.652. The first-order valence-electron chi connectivity index (χ1n) is 3.82. The number of carboxylic acid groups (broad SMARTS) is 1. The highest BCUT2D eigenvalue weighted by atomic mass is 16.5. The van der Waals surface area contributed by atoms with Crippen LogP contribution in [0.15, 0.2) is 6.07 Å². The fourth-order valence-corrected chi connectivity index (χ4v) is 0.854. The lowest BCUT2D eigenvalue weighted by Crippen LogP contribution is -2.07. The molecule has 0 bridgehead atoms. The molecule has 0 aliphatic carbocycles. The van der Waals surface area contributed by atoms with Gasteiger partial charge in [0.25, 0.3) is 0 Å². The lowest BCUT2D eigenvalue weighted by Gasteiger charge is -2.02. The Morgan fingerprint density at radius 2 is 2.31 bits per heavy atom. The molecule has 5 nitrogen and oxygen atoms in total. The third-order valence-electron chi connectivity index (χ3n) is 1.52. The number of hydrogen-bond acceptors (Lipinski definition) is 4. The average Bonchev–Trinajstić information content (AvgIpc) is 2.16. The van der Waals surface area contributed by atoms with Gasteiger partial charge in [-0.2, -0.15) is 4.98 Å². The van der Waals surface area contributed by atoms with E-state index in [0.29, 0.717) is 12.1 Å². The molecule has 1 rings (SSSR count). The molecule has 5 heteroatoms. The molecular weight excluding hydrogens is 172 g/mol. The zero-order valence-corrected chi connectivity index (χ0v) is 7.44. The molecule has 13 heavy (non-hydrogen) atoms. The van der Waals surface area contributed by atoms with Crippen molar-refractivity contribution in [2.75, 3.05) is 7.11 Å². The third-order valence-corrected chi connectivity index (χ3v) is 1.52. The van der Waals surface area contributed by atoms with E-state index in [9.17, 15) is 4.79 Å². The molecule has 0 saturated carbocycles. The number of nitrogens with zero attached hydrogens (tertiary/aromatic N) is 2. The van der Waals surface area contributed by atoms with Gasteiger partial charge >= 0.3 is 5.97 Å². The molecule has 1 N–H and O–H groups in total. The van der Waals surface area contributed by atoms with Crippen molar-refractivity contribution < 1.29 is 14.6 Å². The zero-order valence-electron chi connectivity index (χ0n) is 7.44. The van der Waals surface area contributed by atoms with E-state index in [1.165, 1.54) is 7.11 Å². The molecular formula is C8H10N2O3. The molecule has 1 aromatic heterocycles. The van der Waals surface area contributed by atoms with Crippen LogP contribution in [0.5, 0.6) is 5.88 Å². The van der Waals surface area contributed by atoms with Gasteiger partial charge in [0.15, 0.2) is 0 Å². The van der Waals surface area contributed by atoms with Gasteiger partial charge in [0, 0.05) is 11.8 Å². The molecule has 0 unspecified atom stereocenters. The first-order chi connectivity index (χ1) is 6.17. The number of methoxy groups -OCH3 is 1. The summed E-state index contributed by atoms with van der Waals surface area (Å²) in [6, 6.07) is 1.62. The maximum atomic E-state index is 10.6. The second-order valence-corrected chi connectivity index (χ2v) is 2.38. The fourth-order valence-electron chi connectivity index (χ4n) is 0.854. The van der Waals surface area contributed by atoms with Gasteiger partial charge in [-0.1, -0.05) is 6.92 Å². The van der Waals surface area contributed by atoms with Crippen LogP contribution in [-0.2, 0) is 6.42 Å². The van der Waals surface area contributed by atoms with Crippen molar-refractivity contribution in [2.45, 2.75) is 13.3 Å². The number of carbonyl (C=O) groups is 1. The van der Waals surface area contributed by atoms with Crippen LogP contribution < -0.4 is 4.74 Å². The van der Waals surface area contributed by atoms with E-state index in [2.05, 4.69) is 9.97 Å². The van der Waals surface area contributed by atoms with E-state index < -0.39 is 5.97 Å². The lowest BCUT2D eigenvalue weighted by atomic mass is 10.3. The van der Waals surface area contributed by atoms with Crippen LogP contribution >= 0.6 is 0 Å². The quantitative estimate of drug-likeness (QED) is 0.746. The molecule has 1 aromatic rings. The highest BCUT2D eigenvalue weighted by molar-refractivity contribution is 5.83. The summed E-state index contributed by atoms with van der Waals surface area (Å²) in [5.74, 6) is -1.09. The van der Waals surface area contributed by atoms with Crippen LogP contribution in [0.2, 0.25) is 0 Å². The van der Waals surface area contributed by atoms with Gasteiger partial charge in [0.2, 0.25) is 11.7 Å². The van der Waals surface area contributed by atoms with Crippen molar-refractivity contribution in [3.8, 4) is 5.88 Å². The van der Waals surface area contributed by atoms with Gasteiger partial charge < -0.3 is 9.84 Å². The van der Waals surface area contributed by atoms with Gasteiger partial charge in [-0.25, -0.2) is 9.78 Å². The van der Waals surface area contributed by atoms with E-state index >= 15 is 0 Å². The number of hydrogen-bond donors (Lipinski definition) is 1. The second kappa shape index (κ2) is 3.84. The van der Waals surface area contributed by atoms with Crippen LogP contribution in [0.1, 0.15) is 23.2 Å². The summed E-state index contributed by atoms with van der Waals surface area (Å²) in [5.41, 5.74) is 0.657. The number of aryl methyl sites for hydroxylation is 1. The first-order valence-corrected chi connectivity index (χ1v) is 3.82. The number of ether oxygens (including phenoxy) is 1. The van der Waals surface area contributed by atoms with Crippen molar-refractivity contribution in [3.05, 3.63) is 17.6 Å². The summed E-state index contributed by atoms with van der Waals surface area (Å²) in [6.45, 7) is 1.88. The van der Waals surface area contributed by atoms with Crippen LogP contribution in [0.25, 0.3) is 0 Å². The van der Waals surface area contributed by atoms with Gasteiger partial charge in [-0.3, -0.25) is 0 Å². The van der Waals surface area contributed by atoms with Crippen molar-refractivity contribution in [1.82, 2.24) is 9.97 Å². The van der Waals surface area contributed by atoms with E-state index in [-0.39, 0.29) is 11.7 Å². The molecule has 0 aromatic carbocycles. The average molecular weight is 182 g/mol. The smallest absolute Gasteiger partial charge is 0.374 e. The molecule has 0 aliphatic rings. The number of rotatable bonds is 3. The topological polar surface area (TPSA) is 72.3 Å². The summed E-state index contributed by atoms with van der Waals surface area (Å²) in [4.78, 5) is 18.0. The van der Waals surface area contributed by atoms with E-state index in [1.54, 1.807) is 6.07 Å². The molecule has 0 atom stereocenters. The van der Waals surface area contributed by atoms with Crippen molar-refractivity contribution in [3.63, 3.8) is 0 Å². The van der Waals surface area contributed by atoms with E-state index in [0.717, 1.165) is 0 Å². The SMILES string of the molecule is CCc1cc(OC)nc(C(=O)O)n1. The Hall–Kier alpha value is -1.65. The Bertz CT molecular complexity index is 303. The molecule has 70 valence electrons. The Morgan fingerprint density at radius 3 is 2.77 bits per heavy atom. The Labute approximate surface area is 75.4 Å². The minimum Gasteiger partial charge on any atom is -0.481 e. The largest absolute Gasteiger partial charge is 0.481 e. The van der Waals surface area contributed by atoms with Crippen molar-refractivity contribution >= 4 is 5.97 Å². The third kappa shape index (κ3) is 2.14. The Balaban J connectivity index is 3.14. The van der Waals surface area contributed by atoms with E-state index in [1.807, 2.05) is 6.92 Å². The first kappa shape index (κ1) is 9.44. The molecule has 0 radical (unpaired) electrons. The standard InChI is InChI=1S/C8H10N2O3/c1-3-5-4-6(13-2)10-7(9-5)8(11)12/h4H,3H2,1-2H3,(H,11,12). The van der Waals surface area contributed by atoms with E-state index in [4.69, 9.17) is 9.84 Å². The predicted molar refractivity (Wildman–Crippen MR) is 44.9 cm³/mol. The van der Waals surface area contributed by atoms with Gasteiger partial charge in [-0.05, 0) is 6.42 Å². The number of carboxylic acids is 1. The van der Waals surface area contributed by atoms with Crippen molar-refractivity contribution in [2.24, 2.45) is 0 Å². The van der Waals surface area contributed by atoms with Crippen LogP contribution in [0, 0.1) is 0 Å². The minimum atomic E-state index is -1.14. The normalized spacial score (nSPS) is 9.69. The van der Waals surface area contributed by atoms with Gasteiger partial charge in [0.1, 0.15) is 0 Å². The highest BCUT2D eigenvalue weighted by Crippen LogP contribution is 2.09. The minimum absolute atomic E-state index is 0.226. The summed E-state index contributed by atoms with van der Waals surface area (Å²) in [7, 11) is 1.44. The molecule has 0 spiro atoms. The van der Waals surface area contributed by atoms with Gasteiger partial charge in [0.05, 0.1) is 7.11 Å². The van der Waals surface area contributed by atoms with Crippen LogP contribution in [0.3, 0.4) is 0 Å². The predicted octanol–water partition coefficient (Wildman–Crippen LogP) is 0.746. The molecule has 0 saturated heterocycles. The Morgan fingerprint density at radius 1 is 1.62 bits per heavy atom. The summed E-state index contributed by atoms with van der Waals surface area (Å²) < 4.78 is 4.83. The second-order valence-electron chi connectivity index (χ2n) is 2.38. The maximum absolute atomic E-state index is 10.6. The van der Waals surface area contributed by atoms with Crippen LogP contribution in [0.4, 0.5) is 0 Å². The molecule has 0 fully saturated rings. The number of aromatic nitrogens is 2. The molecule has 0 aliphatic heterocycles.